The summed E-state index contributed by atoms with van der Waals surface area (Å²) in [6, 6.07) is -1.52. The highest BCUT2D eigenvalue weighted by Crippen LogP contribution is 2.43. The predicted molar refractivity (Wildman–Crippen MR) is 162 cm³/mol. The van der Waals surface area contributed by atoms with Crippen molar-refractivity contribution in [3.8, 4) is 0 Å². The highest BCUT2D eigenvalue weighted by atomic mass is 31.2. The molecule has 0 bridgehead atoms. The number of aliphatic carboxylic acids is 1. The van der Waals surface area contributed by atoms with Crippen molar-refractivity contribution in [2.24, 2.45) is 5.73 Å². The molecule has 0 aliphatic rings. The first-order valence-electron chi connectivity index (χ1n) is 15.4. The fraction of sp³-hybridized carbons (Fsp3) is 0.767. The van der Waals surface area contributed by atoms with Gasteiger partial charge in [0.05, 0.1) is 13.2 Å². The number of esters is 2. The fourth-order valence-corrected chi connectivity index (χ4v) is 4.47. The van der Waals surface area contributed by atoms with Crippen molar-refractivity contribution in [3.05, 3.63) is 24.3 Å². The number of hydrogen-bond donors (Lipinski definition) is 3. The van der Waals surface area contributed by atoms with Crippen LogP contribution in [-0.4, -0.2) is 59.9 Å². The van der Waals surface area contributed by atoms with E-state index in [1.165, 1.54) is 0 Å². The molecule has 12 heteroatoms. The fourth-order valence-electron chi connectivity index (χ4n) is 3.69. The van der Waals surface area contributed by atoms with Gasteiger partial charge in [0.2, 0.25) is 0 Å². The van der Waals surface area contributed by atoms with Crippen LogP contribution in [0.3, 0.4) is 0 Å². The second-order valence-corrected chi connectivity index (χ2v) is 11.7. The molecule has 3 atom stereocenters. The molecule has 0 aromatic heterocycles. The van der Waals surface area contributed by atoms with Crippen molar-refractivity contribution in [2.45, 2.75) is 129 Å². The van der Waals surface area contributed by atoms with E-state index in [9.17, 15) is 23.8 Å². The number of carboxylic acids is 1. The van der Waals surface area contributed by atoms with E-state index < -0.39 is 51.1 Å². The Balaban J connectivity index is 4.52. The van der Waals surface area contributed by atoms with Crippen LogP contribution in [0.2, 0.25) is 0 Å². The minimum atomic E-state index is -4.69. The summed E-state index contributed by atoms with van der Waals surface area (Å²) < 4.78 is 32.2. The zero-order valence-corrected chi connectivity index (χ0v) is 26.5. The van der Waals surface area contributed by atoms with E-state index in [0.717, 1.165) is 77.0 Å². The molecule has 244 valence electrons. The smallest absolute Gasteiger partial charge is 0.472 e. The Labute approximate surface area is 251 Å². The van der Waals surface area contributed by atoms with Crippen molar-refractivity contribution in [2.75, 3.05) is 19.8 Å². The number of carboxylic acid groups (broad SMARTS) is 1. The van der Waals surface area contributed by atoms with Crippen molar-refractivity contribution >= 4 is 25.7 Å². The van der Waals surface area contributed by atoms with E-state index in [-0.39, 0.29) is 19.4 Å². The minimum absolute atomic E-state index is 0.145. The van der Waals surface area contributed by atoms with Crippen LogP contribution < -0.4 is 5.73 Å². The van der Waals surface area contributed by atoms with E-state index in [0.29, 0.717) is 12.8 Å². The topological polar surface area (TPSA) is 172 Å². The number of rotatable bonds is 28. The van der Waals surface area contributed by atoms with E-state index in [1.807, 2.05) is 0 Å². The standard InChI is InChI=1S/C30H54NO10P/c1-3-5-7-9-10-11-12-13-14-15-16-18-20-22-29(33)41-26(23-38-28(32)21-19-17-8-6-4-2)24-39-42(36,37)40-25-27(31)30(34)35/h7,9,11-12,26-27H,3-6,8,10,13-25,31H2,1-2H3,(H,34,35)(H,36,37)/b9-7-,12-11-. The van der Waals surface area contributed by atoms with Crippen molar-refractivity contribution < 1.29 is 47.5 Å². The van der Waals surface area contributed by atoms with Crippen LogP contribution in [0.4, 0.5) is 0 Å². The van der Waals surface area contributed by atoms with E-state index in [1.54, 1.807) is 0 Å². The molecule has 42 heavy (non-hydrogen) atoms. The van der Waals surface area contributed by atoms with E-state index in [4.69, 9.17) is 24.8 Å². The molecule has 0 radical (unpaired) electrons. The summed E-state index contributed by atoms with van der Waals surface area (Å²) in [4.78, 5) is 45.1. The van der Waals surface area contributed by atoms with Gasteiger partial charge in [0.25, 0.3) is 0 Å². The number of ether oxygens (including phenoxy) is 2. The summed E-state index contributed by atoms with van der Waals surface area (Å²) in [5.74, 6) is -2.42. The van der Waals surface area contributed by atoms with Crippen LogP contribution >= 0.6 is 7.82 Å². The summed E-state index contributed by atoms with van der Waals surface area (Å²) in [5, 5.41) is 8.79. The van der Waals surface area contributed by atoms with Crippen LogP contribution in [0.5, 0.6) is 0 Å². The number of phosphoric ester groups is 1. The lowest BCUT2D eigenvalue weighted by Crippen LogP contribution is -2.34. The Hall–Kier alpha value is -2.04. The first-order chi connectivity index (χ1) is 20.1. The molecular formula is C30H54NO10P. The molecule has 0 rings (SSSR count). The maximum Gasteiger partial charge on any atom is 0.472 e. The Morgan fingerprint density at radius 1 is 0.738 bits per heavy atom. The molecular weight excluding hydrogens is 565 g/mol. The van der Waals surface area contributed by atoms with Gasteiger partial charge in [-0.2, -0.15) is 0 Å². The molecule has 11 nitrogen and oxygen atoms in total. The number of phosphoric acid groups is 1. The number of carbonyl (C=O) groups excluding carboxylic acids is 2. The molecule has 0 aromatic carbocycles. The molecule has 0 amide bonds. The van der Waals surface area contributed by atoms with Gasteiger partial charge in [-0.1, -0.05) is 89.5 Å². The summed E-state index contributed by atoms with van der Waals surface area (Å²) >= 11 is 0. The highest BCUT2D eigenvalue weighted by Gasteiger charge is 2.28. The minimum Gasteiger partial charge on any atom is -0.480 e. The third-order valence-electron chi connectivity index (χ3n) is 6.18. The van der Waals surface area contributed by atoms with Gasteiger partial charge in [0.1, 0.15) is 12.6 Å². The van der Waals surface area contributed by atoms with Gasteiger partial charge in [-0.25, -0.2) is 4.57 Å². The largest absolute Gasteiger partial charge is 0.480 e. The van der Waals surface area contributed by atoms with E-state index in [2.05, 4.69) is 42.7 Å². The molecule has 0 aromatic rings. The van der Waals surface area contributed by atoms with E-state index >= 15 is 0 Å². The predicted octanol–water partition coefficient (Wildman–Crippen LogP) is 6.38. The summed E-state index contributed by atoms with van der Waals surface area (Å²) in [6.45, 7) is 2.56. The third kappa shape index (κ3) is 25.7. The zero-order valence-electron chi connectivity index (χ0n) is 25.6. The lowest BCUT2D eigenvalue weighted by Gasteiger charge is -2.20. The quantitative estimate of drug-likeness (QED) is 0.0384. The Morgan fingerprint density at radius 2 is 1.31 bits per heavy atom. The van der Waals surface area contributed by atoms with Gasteiger partial charge in [-0.15, -0.1) is 0 Å². The van der Waals surface area contributed by atoms with Gasteiger partial charge >= 0.3 is 25.7 Å². The Morgan fingerprint density at radius 3 is 1.95 bits per heavy atom. The first kappa shape index (κ1) is 40.0. The molecule has 0 heterocycles. The van der Waals surface area contributed by atoms with Crippen molar-refractivity contribution in [3.63, 3.8) is 0 Å². The molecule has 0 fully saturated rings. The zero-order chi connectivity index (χ0) is 31.5. The second kappa shape index (κ2) is 26.6. The summed E-state index contributed by atoms with van der Waals surface area (Å²) in [6.07, 6.45) is 21.7. The van der Waals surface area contributed by atoms with Crippen molar-refractivity contribution in [1.82, 2.24) is 0 Å². The average molecular weight is 620 g/mol. The van der Waals surface area contributed by atoms with Gasteiger partial charge in [-0.05, 0) is 38.5 Å². The van der Waals surface area contributed by atoms with Crippen LogP contribution in [0.15, 0.2) is 24.3 Å². The molecule has 0 spiro atoms. The molecule has 0 saturated carbocycles. The van der Waals surface area contributed by atoms with Gasteiger partial charge in [0.15, 0.2) is 6.10 Å². The molecule has 0 saturated heterocycles. The number of allylic oxidation sites excluding steroid dienone is 4. The average Bonchev–Trinajstić information content (AvgIpc) is 2.95. The monoisotopic (exact) mass is 619 g/mol. The summed E-state index contributed by atoms with van der Waals surface area (Å²) in [7, 11) is -4.69. The van der Waals surface area contributed by atoms with Crippen LogP contribution in [0.25, 0.3) is 0 Å². The maximum absolute atomic E-state index is 12.4. The van der Waals surface area contributed by atoms with Crippen LogP contribution in [0, 0.1) is 0 Å². The molecule has 4 N–H and O–H groups in total. The number of unbranched alkanes of at least 4 members (excludes halogenated alkanes) is 10. The highest BCUT2D eigenvalue weighted by molar-refractivity contribution is 7.47. The van der Waals surface area contributed by atoms with Gasteiger partial charge < -0.3 is 25.2 Å². The van der Waals surface area contributed by atoms with Crippen LogP contribution in [0.1, 0.15) is 117 Å². The lowest BCUT2D eigenvalue weighted by atomic mass is 10.1. The Kier molecular flexibility index (Phi) is 25.3. The number of hydrogen-bond acceptors (Lipinski definition) is 9. The number of carbonyl (C=O) groups is 3. The van der Waals surface area contributed by atoms with Gasteiger partial charge in [-0.3, -0.25) is 23.4 Å². The molecule has 3 unspecified atom stereocenters. The number of nitrogens with two attached hydrogens (primary N) is 1. The lowest BCUT2D eigenvalue weighted by molar-refractivity contribution is -0.161. The SMILES string of the molecule is CCC/C=C\C/C=C\CCCCCCCC(=O)OC(COC(=O)CCCCCCC)COP(=O)(O)OCC(N)C(=O)O. The molecule has 0 aliphatic carbocycles. The van der Waals surface area contributed by atoms with Crippen molar-refractivity contribution in [1.29, 1.82) is 0 Å². The molecule has 0 aliphatic heterocycles. The normalized spacial score (nSPS) is 14.6. The second-order valence-electron chi connectivity index (χ2n) is 10.2. The first-order valence-corrected chi connectivity index (χ1v) is 16.9. The Bertz CT molecular complexity index is 833. The maximum atomic E-state index is 12.4. The van der Waals surface area contributed by atoms with Crippen LogP contribution in [-0.2, 0) is 37.5 Å². The van der Waals surface area contributed by atoms with Gasteiger partial charge in [0, 0.05) is 12.8 Å². The summed E-state index contributed by atoms with van der Waals surface area (Å²) in [5.41, 5.74) is 5.27. The third-order valence-corrected chi connectivity index (χ3v) is 7.13.